The van der Waals surface area contributed by atoms with Gasteiger partial charge in [-0.25, -0.2) is 0 Å². The number of nitrogens with zero attached hydrogens (tertiary/aromatic N) is 4. The van der Waals surface area contributed by atoms with Gasteiger partial charge in [0, 0.05) is 55.0 Å². The fraction of sp³-hybridized carbons (Fsp3) is 0.353. The Kier molecular flexibility index (Phi) is 6.16. The molecule has 0 unspecified atom stereocenters. The lowest BCUT2D eigenvalue weighted by molar-refractivity contribution is 0.343. The summed E-state index contributed by atoms with van der Waals surface area (Å²) in [5.74, 6) is 0. The molecular formula is C17H22ClN7. The van der Waals surface area contributed by atoms with Gasteiger partial charge in [-0.15, -0.1) is 0 Å². The largest absolute Gasteiger partial charge is 0.383 e. The van der Waals surface area contributed by atoms with Crippen LogP contribution in [0, 0.1) is 0 Å². The number of likely N-dealkylation sites (N-methyl/N-ethyl adjacent to an activating group) is 1. The van der Waals surface area contributed by atoms with Gasteiger partial charge in [-0.3, -0.25) is 4.98 Å². The number of rotatable bonds is 9. The topological polar surface area (TPSA) is 81.8 Å². The van der Waals surface area contributed by atoms with Crippen LogP contribution < -0.4 is 10.6 Å². The summed E-state index contributed by atoms with van der Waals surface area (Å²) in [5, 5.41) is 19.0. The Labute approximate surface area is 151 Å². The van der Waals surface area contributed by atoms with E-state index in [0.29, 0.717) is 5.02 Å². The molecule has 0 amide bonds. The third-order valence-electron chi connectivity index (χ3n) is 3.96. The summed E-state index contributed by atoms with van der Waals surface area (Å²) in [5.41, 5.74) is 2.91. The van der Waals surface area contributed by atoms with E-state index in [9.17, 15) is 0 Å². The maximum Gasteiger partial charge on any atom is 0.0962 e. The van der Waals surface area contributed by atoms with Crippen molar-refractivity contribution >= 4 is 28.2 Å². The minimum atomic E-state index is 0.704. The van der Waals surface area contributed by atoms with E-state index in [-0.39, 0.29) is 0 Å². The SMILES string of the molecule is CN(CCNCc1cn[nH]n1)CCNc1ccnc2cc(Cl)ccc12. The average molecular weight is 360 g/mol. The molecule has 7 nitrogen and oxygen atoms in total. The van der Waals surface area contributed by atoms with Crippen LogP contribution in [0.4, 0.5) is 5.69 Å². The van der Waals surface area contributed by atoms with Crippen LogP contribution in [0.3, 0.4) is 0 Å². The molecule has 1 aromatic carbocycles. The van der Waals surface area contributed by atoms with Crippen molar-refractivity contribution in [2.45, 2.75) is 6.54 Å². The Morgan fingerprint density at radius 3 is 2.92 bits per heavy atom. The summed E-state index contributed by atoms with van der Waals surface area (Å²) in [6, 6.07) is 7.78. The summed E-state index contributed by atoms with van der Waals surface area (Å²) in [7, 11) is 2.11. The summed E-state index contributed by atoms with van der Waals surface area (Å²) >= 11 is 6.03. The van der Waals surface area contributed by atoms with Crippen LogP contribution in [0.5, 0.6) is 0 Å². The van der Waals surface area contributed by atoms with E-state index in [0.717, 1.165) is 55.0 Å². The zero-order chi connectivity index (χ0) is 17.5. The van der Waals surface area contributed by atoms with Crippen molar-refractivity contribution in [3.8, 4) is 0 Å². The number of halogens is 1. The first-order valence-electron chi connectivity index (χ1n) is 8.24. The third kappa shape index (κ3) is 5.12. The third-order valence-corrected chi connectivity index (χ3v) is 4.19. The molecule has 0 spiro atoms. The number of hydrogen-bond acceptors (Lipinski definition) is 6. The number of aromatic amines is 1. The van der Waals surface area contributed by atoms with E-state index in [1.54, 1.807) is 12.4 Å². The number of benzene rings is 1. The molecular weight excluding hydrogens is 338 g/mol. The van der Waals surface area contributed by atoms with E-state index in [4.69, 9.17) is 11.6 Å². The minimum absolute atomic E-state index is 0.704. The van der Waals surface area contributed by atoms with E-state index < -0.39 is 0 Å². The summed E-state index contributed by atoms with van der Waals surface area (Å²) in [4.78, 5) is 6.64. The van der Waals surface area contributed by atoms with Gasteiger partial charge in [0.2, 0.25) is 0 Å². The highest BCUT2D eigenvalue weighted by Crippen LogP contribution is 2.24. The zero-order valence-electron chi connectivity index (χ0n) is 14.2. The van der Waals surface area contributed by atoms with Gasteiger partial charge in [-0.1, -0.05) is 11.6 Å². The molecule has 132 valence electrons. The smallest absolute Gasteiger partial charge is 0.0962 e. The van der Waals surface area contributed by atoms with Gasteiger partial charge < -0.3 is 15.5 Å². The molecule has 25 heavy (non-hydrogen) atoms. The Balaban J connectivity index is 1.40. The molecule has 2 aromatic heterocycles. The molecule has 0 atom stereocenters. The van der Waals surface area contributed by atoms with Gasteiger partial charge in [0.25, 0.3) is 0 Å². The van der Waals surface area contributed by atoms with Gasteiger partial charge >= 0.3 is 0 Å². The van der Waals surface area contributed by atoms with Crippen molar-refractivity contribution in [2.24, 2.45) is 0 Å². The molecule has 0 saturated carbocycles. The average Bonchev–Trinajstić information content (AvgIpc) is 3.12. The van der Waals surface area contributed by atoms with Gasteiger partial charge in [0.1, 0.15) is 0 Å². The highest BCUT2D eigenvalue weighted by molar-refractivity contribution is 6.31. The molecule has 0 fully saturated rings. The van der Waals surface area contributed by atoms with Gasteiger partial charge in [0.15, 0.2) is 0 Å². The number of hydrogen-bond donors (Lipinski definition) is 3. The Bertz CT molecular complexity index is 791. The maximum atomic E-state index is 6.03. The Hall–Kier alpha value is -2.22. The predicted octanol–water partition coefficient (Wildman–Crippen LogP) is 2.14. The summed E-state index contributed by atoms with van der Waals surface area (Å²) in [6.07, 6.45) is 3.53. The van der Waals surface area contributed by atoms with Crippen LogP contribution >= 0.6 is 11.6 Å². The van der Waals surface area contributed by atoms with Crippen molar-refractivity contribution in [1.29, 1.82) is 0 Å². The van der Waals surface area contributed by atoms with Crippen molar-refractivity contribution in [3.63, 3.8) is 0 Å². The van der Waals surface area contributed by atoms with Crippen LogP contribution in [-0.4, -0.2) is 58.5 Å². The molecule has 0 aliphatic heterocycles. The van der Waals surface area contributed by atoms with Crippen molar-refractivity contribution in [2.75, 3.05) is 38.5 Å². The molecule has 0 saturated heterocycles. The molecule has 0 aliphatic rings. The second kappa shape index (κ2) is 8.75. The standard InChI is InChI=1S/C17H22ClN7/c1-25(8-6-19-11-14-12-22-24-23-14)9-7-21-16-4-5-20-17-10-13(18)2-3-15(16)17/h2-5,10,12,19H,6-9,11H2,1H3,(H,20,21)(H,22,23,24). The molecule has 0 aliphatic carbocycles. The lowest BCUT2D eigenvalue weighted by Crippen LogP contribution is -2.32. The predicted molar refractivity (Wildman–Crippen MR) is 101 cm³/mol. The minimum Gasteiger partial charge on any atom is -0.383 e. The molecule has 3 rings (SSSR count). The van der Waals surface area contributed by atoms with Gasteiger partial charge in [-0.05, 0) is 31.3 Å². The number of H-pyrrole nitrogens is 1. The van der Waals surface area contributed by atoms with Crippen LogP contribution in [0.2, 0.25) is 5.02 Å². The fourth-order valence-electron chi connectivity index (χ4n) is 2.57. The highest BCUT2D eigenvalue weighted by Gasteiger charge is 2.03. The second-order valence-corrected chi connectivity index (χ2v) is 6.32. The molecule has 0 radical (unpaired) electrons. The lowest BCUT2D eigenvalue weighted by Gasteiger charge is -2.18. The number of pyridine rings is 1. The maximum absolute atomic E-state index is 6.03. The highest BCUT2D eigenvalue weighted by atomic mass is 35.5. The first kappa shape index (κ1) is 17.6. The number of nitrogens with one attached hydrogen (secondary N) is 3. The number of anilines is 1. The van der Waals surface area contributed by atoms with E-state index in [1.165, 1.54) is 0 Å². The van der Waals surface area contributed by atoms with Crippen LogP contribution in [0.25, 0.3) is 10.9 Å². The summed E-state index contributed by atoms with van der Waals surface area (Å²) in [6.45, 7) is 4.41. The molecule has 0 bridgehead atoms. The van der Waals surface area contributed by atoms with Crippen molar-refractivity contribution in [3.05, 3.63) is 47.4 Å². The first-order chi connectivity index (χ1) is 12.2. The van der Waals surface area contributed by atoms with Gasteiger partial charge in [-0.2, -0.15) is 15.4 Å². The van der Waals surface area contributed by atoms with Crippen LogP contribution in [0.15, 0.2) is 36.7 Å². The van der Waals surface area contributed by atoms with Crippen LogP contribution in [-0.2, 0) is 6.54 Å². The van der Waals surface area contributed by atoms with E-state index in [1.807, 2.05) is 24.3 Å². The molecule has 3 aromatic rings. The van der Waals surface area contributed by atoms with E-state index in [2.05, 4.69) is 43.0 Å². The first-order valence-corrected chi connectivity index (χ1v) is 8.62. The monoisotopic (exact) mass is 359 g/mol. The van der Waals surface area contributed by atoms with Gasteiger partial charge in [0.05, 0.1) is 17.4 Å². The molecule has 3 N–H and O–H groups in total. The van der Waals surface area contributed by atoms with E-state index >= 15 is 0 Å². The number of aromatic nitrogens is 4. The number of fused-ring (bicyclic) bond motifs is 1. The lowest BCUT2D eigenvalue weighted by atomic mass is 10.2. The fourth-order valence-corrected chi connectivity index (χ4v) is 2.73. The normalized spacial score (nSPS) is 11.3. The van der Waals surface area contributed by atoms with Crippen molar-refractivity contribution in [1.82, 2.24) is 30.6 Å². The Morgan fingerprint density at radius 1 is 1.20 bits per heavy atom. The van der Waals surface area contributed by atoms with Crippen molar-refractivity contribution < 1.29 is 0 Å². The molecule has 2 heterocycles. The quantitative estimate of drug-likeness (QED) is 0.508. The molecule has 8 heteroatoms. The zero-order valence-corrected chi connectivity index (χ0v) is 14.9. The second-order valence-electron chi connectivity index (χ2n) is 5.89. The van der Waals surface area contributed by atoms with Crippen LogP contribution in [0.1, 0.15) is 5.69 Å². The summed E-state index contributed by atoms with van der Waals surface area (Å²) < 4.78 is 0. The Morgan fingerprint density at radius 2 is 2.08 bits per heavy atom.